The average Bonchev–Trinajstić information content (AvgIpc) is 2.97. The molecule has 0 amide bonds. The first-order chi connectivity index (χ1) is 19.3. The SMILES string of the molecule is CCCCCCCCCCOc1cc2c(cc1-c1ccncc1)Cc1cc(OCCCCCCC)ccc1C2. The molecule has 0 bridgehead atoms. The van der Waals surface area contributed by atoms with Crippen molar-refractivity contribution >= 4 is 0 Å². The van der Waals surface area contributed by atoms with Gasteiger partial charge in [0.05, 0.1) is 13.2 Å². The fourth-order valence-corrected chi connectivity index (χ4v) is 5.63. The lowest BCUT2D eigenvalue weighted by Crippen LogP contribution is -2.10. The quantitative estimate of drug-likeness (QED) is 0.121. The lowest BCUT2D eigenvalue weighted by molar-refractivity contribution is 0.304. The number of fused-ring (bicyclic) bond motifs is 2. The van der Waals surface area contributed by atoms with Crippen molar-refractivity contribution in [1.82, 2.24) is 4.98 Å². The minimum absolute atomic E-state index is 0.779. The molecule has 0 fully saturated rings. The average molecular weight is 528 g/mol. The number of aromatic nitrogens is 1. The summed E-state index contributed by atoms with van der Waals surface area (Å²) < 4.78 is 12.6. The van der Waals surface area contributed by atoms with Crippen LogP contribution in [0.5, 0.6) is 11.5 Å². The first kappa shape index (κ1) is 29.2. The van der Waals surface area contributed by atoms with Gasteiger partial charge in [0.15, 0.2) is 0 Å². The molecule has 39 heavy (non-hydrogen) atoms. The zero-order valence-corrected chi connectivity index (χ0v) is 24.5. The molecule has 0 spiro atoms. The molecule has 0 radical (unpaired) electrons. The molecule has 0 atom stereocenters. The van der Waals surface area contributed by atoms with Crippen LogP contribution in [-0.4, -0.2) is 18.2 Å². The first-order valence-corrected chi connectivity index (χ1v) is 15.7. The molecule has 0 saturated carbocycles. The van der Waals surface area contributed by atoms with Crippen molar-refractivity contribution in [3.63, 3.8) is 0 Å². The second kappa shape index (κ2) is 16.3. The normalized spacial score (nSPS) is 12.2. The van der Waals surface area contributed by atoms with Gasteiger partial charge in [-0.25, -0.2) is 0 Å². The van der Waals surface area contributed by atoms with E-state index in [1.54, 1.807) is 0 Å². The van der Waals surface area contributed by atoms with Crippen LogP contribution in [0.15, 0.2) is 54.9 Å². The number of unbranched alkanes of at least 4 members (excludes halogenated alkanes) is 11. The molecular weight excluding hydrogens is 478 g/mol. The van der Waals surface area contributed by atoms with Crippen LogP contribution in [0.25, 0.3) is 11.1 Å². The highest BCUT2D eigenvalue weighted by molar-refractivity contribution is 5.72. The fourth-order valence-electron chi connectivity index (χ4n) is 5.63. The van der Waals surface area contributed by atoms with Crippen molar-refractivity contribution < 1.29 is 9.47 Å². The zero-order valence-electron chi connectivity index (χ0n) is 24.5. The minimum atomic E-state index is 0.779. The Morgan fingerprint density at radius 2 is 1.13 bits per heavy atom. The Kier molecular flexibility index (Phi) is 12.2. The Balaban J connectivity index is 1.38. The van der Waals surface area contributed by atoms with Crippen molar-refractivity contribution in [3.05, 3.63) is 77.1 Å². The summed E-state index contributed by atoms with van der Waals surface area (Å²) in [6.07, 6.45) is 22.4. The van der Waals surface area contributed by atoms with E-state index < -0.39 is 0 Å². The summed E-state index contributed by atoms with van der Waals surface area (Å²) in [7, 11) is 0. The van der Waals surface area contributed by atoms with E-state index in [2.05, 4.69) is 61.3 Å². The number of nitrogens with zero attached hydrogens (tertiary/aromatic N) is 1. The summed E-state index contributed by atoms with van der Waals surface area (Å²) >= 11 is 0. The predicted molar refractivity (Wildman–Crippen MR) is 164 cm³/mol. The summed E-state index contributed by atoms with van der Waals surface area (Å²) in [5, 5.41) is 0. The van der Waals surface area contributed by atoms with Gasteiger partial charge in [0.25, 0.3) is 0 Å². The molecule has 0 saturated heterocycles. The molecule has 1 aromatic heterocycles. The molecule has 0 unspecified atom stereocenters. The van der Waals surface area contributed by atoms with Crippen LogP contribution in [-0.2, 0) is 12.8 Å². The molecular formula is C36H49NO2. The Labute approximate surface area is 237 Å². The third-order valence-corrected chi connectivity index (χ3v) is 8.00. The number of ether oxygens (including phenoxy) is 2. The van der Waals surface area contributed by atoms with Gasteiger partial charge in [0.2, 0.25) is 0 Å². The molecule has 0 N–H and O–H groups in total. The van der Waals surface area contributed by atoms with Gasteiger partial charge in [-0.1, -0.05) is 90.5 Å². The van der Waals surface area contributed by atoms with E-state index in [1.807, 2.05) is 12.4 Å². The predicted octanol–water partition coefficient (Wildman–Crippen LogP) is 10.1. The Bertz CT molecular complexity index is 1120. The molecule has 4 rings (SSSR count). The number of rotatable bonds is 18. The van der Waals surface area contributed by atoms with Gasteiger partial charge in [-0.05, 0) is 89.9 Å². The maximum Gasteiger partial charge on any atom is 0.127 e. The Morgan fingerprint density at radius 3 is 1.82 bits per heavy atom. The summed E-state index contributed by atoms with van der Waals surface area (Å²) in [6, 6.07) is 15.5. The van der Waals surface area contributed by atoms with Gasteiger partial charge in [-0.15, -0.1) is 0 Å². The summed E-state index contributed by atoms with van der Waals surface area (Å²) in [5.41, 5.74) is 7.92. The van der Waals surface area contributed by atoms with E-state index in [0.717, 1.165) is 50.4 Å². The van der Waals surface area contributed by atoms with Crippen LogP contribution in [0, 0.1) is 0 Å². The van der Waals surface area contributed by atoms with Gasteiger partial charge >= 0.3 is 0 Å². The molecule has 3 nitrogen and oxygen atoms in total. The third kappa shape index (κ3) is 9.12. The second-order valence-electron chi connectivity index (χ2n) is 11.2. The van der Waals surface area contributed by atoms with E-state index in [0.29, 0.717) is 0 Å². The van der Waals surface area contributed by atoms with Crippen LogP contribution in [0.4, 0.5) is 0 Å². The molecule has 210 valence electrons. The van der Waals surface area contributed by atoms with Crippen LogP contribution in [0.1, 0.15) is 120 Å². The lowest BCUT2D eigenvalue weighted by Gasteiger charge is -2.23. The van der Waals surface area contributed by atoms with Crippen LogP contribution in [0.3, 0.4) is 0 Å². The van der Waals surface area contributed by atoms with E-state index in [1.165, 1.54) is 104 Å². The largest absolute Gasteiger partial charge is 0.494 e. The standard InChI is InChI=1S/C36H49NO2/c1-3-5-7-9-10-11-13-15-23-39-36-28-33-24-30-16-17-34(38-22-14-12-8-6-4-2)26-31(30)25-32(33)27-35(36)29-18-20-37-21-19-29/h16-21,26-28H,3-15,22-25H2,1-2H3. The first-order valence-electron chi connectivity index (χ1n) is 15.7. The molecule has 2 aromatic carbocycles. The van der Waals surface area contributed by atoms with Crippen LogP contribution >= 0.6 is 0 Å². The highest BCUT2D eigenvalue weighted by atomic mass is 16.5. The number of hydrogen-bond donors (Lipinski definition) is 0. The Morgan fingerprint density at radius 1 is 0.564 bits per heavy atom. The maximum absolute atomic E-state index is 6.45. The van der Waals surface area contributed by atoms with Crippen LogP contribution < -0.4 is 9.47 Å². The highest BCUT2D eigenvalue weighted by Gasteiger charge is 2.20. The Hall–Kier alpha value is -2.81. The van der Waals surface area contributed by atoms with Crippen molar-refractivity contribution in [2.75, 3.05) is 13.2 Å². The molecule has 0 aliphatic heterocycles. The van der Waals surface area contributed by atoms with E-state index in [-0.39, 0.29) is 0 Å². The van der Waals surface area contributed by atoms with Gasteiger partial charge in [-0.2, -0.15) is 0 Å². The number of benzene rings is 2. The molecule has 1 heterocycles. The van der Waals surface area contributed by atoms with Crippen molar-refractivity contribution in [2.45, 2.75) is 110 Å². The van der Waals surface area contributed by atoms with Gasteiger partial charge in [0, 0.05) is 18.0 Å². The number of hydrogen-bond acceptors (Lipinski definition) is 3. The highest BCUT2D eigenvalue weighted by Crippen LogP contribution is 2.38. The number of pyridine rings is 1. The third-order valence-electron chi connectivity index (χ3n) is 8.00. The molecule has 3 aromatic rings. The minimum Gasteiger partial charge on any atom is -0.494 e. The van der Waals surface area contributed by atoms with Gasteiger partial charge in [-0.3, -0.25) is 4.98 Å². The van der Waals surface area contributed by atoms with E-state index in [9.17, 15) is 0 Å². The lowest BCUT2D eigenvalue weighted by atomic mass is 9.84. The molecule has 1 aliphatic rings. The molecule has 3 heteroatoms. The fraction of sp³-hybridized carbons (Fsp3) is 0.528. The van der Waals surface area contributed by atoms with Crippen LogP contribution in [0.2, 0.25) is 0 Å². The van der Waals surface area contributed by atoms with Gasteiger partial charge < -0.3 is 9.47 Å². The van der Waals surface area contributed by atoms with Crippen molar-refractivity contribution in [2.24, 2.45) is 0 Å². The van der Waals surface area contributed by atoms with Crippen molar-refractivity contribution in [3.8, 4) is 22.6 Å². The molecule has 1 aliphatic carbocycles. The van der Waals surface area contributed by atoms with E-state index >= 15 is 0 Å². The summed E-state index contributed by atoms with van der Waals surface area (Å²) in [6.45, 7) is 6.12. The summed E-state index contributed by atoms with van der Waals surface area (Å²) in [4.78, 5) is 4.24. The van der Waals surface area contributed by atoms with E-state index in [4.69, 9.17) is 9.47 Å². The monoisotopic (exact) mass is 527 g/mol. The second-order valence-corrected chi connectivity index (χ2v) is 11.2. The van der Waals surface area contributed by atoms with Crippen molar-refractivity contribution in [1.29, 1.82) is 0 Å². The zero-order chi connectivity index (χ0) is 27.1. The maximum atomic E-state index is 6.45. The summed E-state index contributed by atoms with van der Waals surface area (Å²) in [5.74, 6) is 2.02. The van der Waals surface area contributed by atoms with Gasteiger partial charge in [0.1, 0.15) is 11.5 Å². The smallest absolute Gasteiger partial charge is 0.127 e. The topological polar surface area (TPSA) is 31.4 Å².